The maximum absolute atomic E-state index is 13.1. The fourth-order valence-corrected chi connectivity index (χ4v) is 4.61. The molecule has 1 aromatic rings. The van der Waals surface area contributed by atoms with Gasteiger partial charge >= 0.3 is 6.09 Å². The van der Waals surface area contributed by atoms with Gasteiger partial charge in [-0.1, -0.05) is 26.0 Å². The normalized spacial score (nSPS) is 20.8. The van der Waals surface area contributed by atoms with Crippen LogP contribution in [0.25, 0.3) is 0 Å². The van der Waals surface area contributed by atoms with E-state index in [0.29, 0.717) is 51.9 Å². The van der Waals surface area contributed by atoms with Gasteiger partial charge in [-0.2, -0.15) is 0 Å². The average Bonchev–Trinajstić information content (AvgIpc) is 2.96. The Morgan fingerprint density at radius 2 is 1.94 bits per heavy atom. The SMILES string of the molecule is CCOC(=O)N1CCC(N2CC(=O)N(CC(C)C)CC(OCc3cccc(OC)c3)C2)CC1. The Balaban J connectivity index is 1.65. The van der Waals surface area contributed by atoms with E-state index in [9.17, 15) is 9.59 Å². The van der Waals surface area contributed by atoms with Crippen LogP contribution in [0.2, 0.25) is 0 Å². The molecule has 0 spiro atoms. The molecule has 0 N–H and O–H groups in total. The lowest BCUT2D eigenvalue weighted by atomic mass is 10.0. The Hall–Kier alpha value is -2.32. The molecule has 1 unspecified atom stereocenters. The zero-order chi connectivity index (χ0) is 23.8. The Morgan fingerprint density at radius 3 is 2.61 bits per heavy atom. The van der Waals surface area contributed by atoms with Crippen LogP contribution in [0, 0.1) is 5.92 Å². The summed E-state index contributed by atoms with van der Waals surface area (Å²) in [6.07, 6.45) is 1.34. The van der Waals surface area contributed by atoms with E-state index in [4.69, 9.17) is 14.2 Å². The average molecular weight is 462 g/mol. The molecule has 8 nitrogen and oxygen atoms in total. The van der Waals surface area contributed by atoms with Crippen LogP contribution >= 0.6 is 0 Å². The van der Waals surface area contributed by atoms with Crippen LogP contribution in [0.4, 0.5) is 4.79 Å². The van der Waals surface area contributed by atoms with E-state index in [2.05, 4.69) is 18.7 Å². The van der Waals surface area contributed by atoms with Gasteiger partial charge in [-0.3, -0.25) is 9.69 Å². The highest BCUT2D eigenvalue weighted by atomic mass is 16.6. The molecule has 1 atom stereocenters. The molecule has 0 aliphatic carbocycles. The van der Waals surface area contributed by atoms with Crippen molar-refractivity contribution in [2.45, 2.75) is 52.4 Å². The van der Waals surface area contributed by atoms with Crippen molar-refractivity contribution in [2.24, 2.45) is 5.92 Å². The van der Waals surface area contributed by atoms with Crippen molar-refractivity contribution in [3.05, 3.63) is 29.8 Å². The first-order chi connectivity index (χ1) is 15.9. The number of hydrogen-bond donors (Lipinski definition) is 0. The standard InChI is InChI=1S/C25H39N3O5/c1-5-32-25(30)26-11-9-21(10-12-26)27-15-23(16-28(14-19(2)3)24(29)17-27)33-18-20-7-6-8-22(13-20)31-4/h6-8,13,19,21,23H,5,9-12,14-18H2,1-4H3. The van der Waals surface area contributed by atoms with E-state index in [1.807, 2.05) is 36.1 Å². The van der Waals surface area contributed by atoms with Crippen LogP contribution in [0.15, 0.2) is 24.3 Å². The highest BCUT2D eigenvalue weighted by molar-refractivity contribution is 5.78. The molecule has 2 aliphatic rings. The topological polar surface area (TPSA) is 71.6 Å². The van der Waals surface area contributed by atoms with Gasteiger partial charge in [-0.05, 0) is 43.4 Å². The number of methoxy groups -OCH3 is 1. The molecule has 0 radical (unpaired) electrons. The molecule has 184 valence electrons. The zero-order valence-electron chi connectivity index (χ0n) is 20.5. The maximum atomic E-state index is 13.1. The third-order valence-electron chi connectivity index (χ3n) is 6.27. The highest BCUT2D eigenvalue weighted by Gasteiger charge is 2.34. The van der Waals surface area contributed by atoms with Crippen LogP contribution in [-0.4, -0.2) is 91.8 Å². The predicted octanol–water partition coefficient (Wildman–Crippen LogP) is 3.00. The molecule has 2 heterocycles. The van der Waals surface area contributed by atoms with E-state index in [1.165, 1.54) is 0 Å². The maximum Gasteiger partial charge on any atom is 0.409 e. The number of benzene rings is 1. The lowest BCUT2D eigenvalue weighted by Crippen LogP contribution is -2.49. The summed E-state index contributed by atoms with van der Waals surface area (Å²) in [7, 11) is 1.66. The number of nitrogens with zero attached hydrogens (tertiary/aromatic N) is 3. The lowest BCUT2D eigenvalue weighted by Gasteiger charge is -2.38. The van der Waals surface area contributed by atoms with Gasteiger partial charge in [0.25, 0.3) is 0 Å². The smallest absolute Gasteiger partial charge is 0.409 e. The van der Waals surface area contributed by atoms with Gasteiger partial charge in [-0.25, -0.2) is 4.79 Å². The second-order valence-electron chi connectivity index (χ2n) is 9.32. The summed E-state index contributed by atoms with van der Waals surface area (Å²) >= 11 is 0. The quantitative estimate of drug-likeness (QED) is 0.593. The van der Waals surface area contributed by atoms with Crippen molar-refractivity contribution < 1.29 is 23.8 Å². The van der Waals surface area contributed by atoms with E-state index in [-0.39, 0.29) is 24.1 Å². The van der Waals surface area contributed by atoms with Crippen LogP contribution in [-0.2, 0) is 20.9 Å². The van der Waals surface area contributed by atoms with Crippen molar-refractivity contribution >= 4 is 12.0 Å². The molecule has 0 bridgehead atoms. The molecule has 0 saturated carbocycles. The summed E-state index contributed by atoms with van der Waals surface area (Å²) in [5.41, 5.74) is 1.05. The molecule has 2 fully saturated rings. The minimum absolute atomic E-state index is 0.0792. The van der Waals surface area contributed by atoms with Crippen molar-refractivity contribution in [3.8, 4) is 5.75 Å². The van der Waals surface area contributed by atoms with Gasteiger partial charge in [0.05, 0.1) is 33.0 Å². The van der Waals surface area contributed by atoms with Gasteiger partial charge in [0, 0.05) is 38.8 Å². The number of hydrogen-bond acceptors (Lipinski definition) is 6. The summed E-state index contributed by atoms with van der Waals surface area (Å²) in [4.78, 5) is 31.1. The molecule has 33 heavy (non-hydrogen) atoms. The molecule has 2 aliphatic heterocycles. The van der Waals surface area contributed by atoms with Gasteiger partial charge in [0.15, 0.2) is 0 Å². The zero-order valence-corrected chi connectivity index (χ0v) is 20.5. The van der Waals surface area contributed by atoms with Crippen molar-refractivity contribution in [3.63, 3.8) is 0 Å². The van der Waals surface area contributed by atoms with Crippen molar-refractivity contribution in [1.82, 2.24) is 14.7 Å². The number of likely N-dealkylation sites (tertiary alicyclic amines) is 1. The molecule has 8 heteroatoms. The van der Waals surface area contributed by atoms with E-state index in [0.717, 1.165) is 30.7 Å². The minimum atomic E-state index is -0.245. The first-order valence-corrected chi connectivity index (χ1v) is 12.1. The second kappa shape index (κ2) is 12.2. The summed E-state index contributed by atoms with van der Waals surface area (Å²) < 4.78 is 16.8. The first-order valence-electron chi connectivity index (χ1n) is 12.1. The van der Waals surface area contributed by atoms with E-state index < -0.39 is 0 Å². The fraction of sp³-hybridized carbons (Fsp3) is 0.680. The number of carbonyl (C=O) groups excluding carboxylic acids is 2. The molecular formula is C25H39N3O5. The Bertz CT molecular complexity index is 779. The summed E-state index contributed by atoms with van der Waals surface area (Å²) in [5, 5.41) is 0. The number of ether oxygens (including phenoxy) is 3. The molecule has 2 saturated heterocycles. The number of rotatable bonds is 8. The lowest BCUT2D eigenvalue weighted by molar-refractivity contribution is -0.132. The fourth-order valence-electron chi connectivity index (χ4n) is 4.61. The minimum Gasteiger partial charge on any atom is -0.497 e. The van der Waals surface area contributed by atoms with Crippen LogP contribution in [0.1, 0.15) is 39.2 Å². The van der Waals surface area contributed by atoms with E-state index >= 15 is 0 Å². The molecule has 2 amide bonds. The molecule has 0 aromatic heterocycles. The Kier molecular flexibility index (Phi) is 9.38. The van der Waals surface area contributed by atoms with Gasteiger partial charge in [-0.15, -0.1) is 0 Å². The summed E-state index contributed by atoms with van der Waals surface area (Å²) in [6.45, 7) is 10.7. The molecule has 3 rings (SSSR count). The van der Waals surface area contributed by atoms with Crippen LogP contribution < -0.4 is 4.74 Å². The second-order valence-corrected chi connectivity index (χ2v) is 9.32. The van der Waals surface area contributed by atoms with Crippen LogP contribution in [0.5, 0.6) is 5.75 Å². The highest BCUT2D eigenvalue weighted by Crippen LogP contribution is 2.22. The predicted molar refractivity (Wildman–Crippen MR) is 126 cm³/mol. The summed E-state index contributed by atoms with van der Waals surface area (Å²) in [5.74, 6) is 1.36. The van der Waals surface area contributed by atoms with Crippen molar-refractivity contribution in [2.75, 3.05) is 53.0 Å². The largest absolute Gasteiger partial charge is 0.497 e. The Morgan fingerprint density at radius 1 is 1.18 bits per heavy atom. The van der Waals surface area contributed by atoms with Crippen molar-refractivity contribution in [1.29, 1.82) is 0 Å². The van der Waals surface area contributed by atoms with Gasteiger partial charge in [0.1, 0.15) is 5.75 Å². The Labute approximate surface area is 197 Å². The monoisotopic (exact) mass is 461 g/mol. The first kappa shape index (κ1) is 25.3. The molecular weight excluding hydrogens is 422 g/mol. The van der Waals surface area contributed by atoms with Crippen LogP contribution in [0.3, 0.4) is 0 Å². The number of piperidine rings is 1. The third kappa shape index (κ3) is 7.33. The van der Waals surface area contributed by atoms with E-state index in [1.54, 1.807) is 12.0 Å². The molecule has 1 aromatic carbocycles. The van der Waals surface area contributed by atoms with Gasteiger partial charge in [0.2, 0.25) is 5.91 Å². The third-order valence-corrected chi connectivity index (χ3v) is 6.27. The number of carbonyl (C=O) groups is 2. The summed E-state index contributed by atoms with van der Waals surface area (Å²) in [6, 6.07) is 8.14. The number of amides is 2. The van der Waals surface area contributed by atoms with Gasteiger partial charge < -0.3 is 24.0 Å².